The van der Waals surface area contributed by atoms with Gasteiger partial charge in [-0.3, -0.25) is 4.90 Å². The van der Waals surface area contributed by atoms with Crippen LogP contribution in [-0.2, 0) is 9.47 Å². The predicted octanol–water partition coefficient (Wildman–Crippen LogP) is -0.318. The van der Waals surface area contributed by atoms with Crippen molar-refractivity contribution in [3.05, 3.63) is 0 Å². The third kappa shape index (κ3) is 4.57. The van der Waals surface area contributed by atoms with E-state index in [0.29, 0.717) is 6.61 Å². The molecular weight excluding hydrogens is 168 g/mol. The van der Waals surface area contributed by atoms with E-state index >= 15 is 0 Å². The van der Waals surface area contributed by atoms with Crippen LogP contribution in [0.1, 0.15) is 6.42 Å². The maximum Gasteiger partial charge on any atom is 0.0626 e. The van der Waals surface area contributed by atoms with E-state index < -0.39 is 0 Å². The van der Waals surface area contributed by atoms with E-state index in [-0.39, 0.29) is 6.04 Å². The average Bonchev–Trinajstić information content (AvgIpc) is 2.33. The molecule has 0 spiro atoms. The van der Waals surface area contributed by atoms with Crippen molar-refractivity contribution in [1.82, 2.24) is 4.90 Å². The van der Waals surface area contributed by atoms with Gasteiger partial charge in [-0.05, 0) is 6.42 Å². The summed E-state index contributed by atoms with van der Waals surface area (Å²) in [4.78, 5) is 2.34. The fraction of sp³-hybridized carbons (Fsp3) is 1.00. The Hall–Kier alpha value is -0.160. The van der Waals surface area contributed by atoms with Gasteiger partial charge >= 0.3 is 0 Å². The standard InChI is InChI=1S/C9H20N2O2/c1-12-8-9(10)7-11-3-2-5-13-6-4-11/h9H,2-8,10H2,1H3. The minimum absolute atomic E-state index is 0.128. The number of nitrogens with zero attached hydrogens (tertiary/aromatic N) is 1. The second-order valence-corrected chi connectivity index (χ2v) is 3.48. The predicted molar refractivity (Wildman–Crippen MR) is 51.7 cm³/mol. The molecule has 1 aliphatic rings. The van der Waals surface area contributed by atoms with Crippen molar-refractivity contribution in [2.24, 2.45) is 5.73 Å². The molecule has 2 N–H and O–H groups in total. The smallest absolute Gasteiger partial charge is 0.0626 e. The van der Waals surface area contributed by atoms with Crippen molar-refractivity contribution in [3.63, 3.8) is 0 Å². The van der Waals surface area contributed by atoms with Crippen LogP contribution in [0.15, 0.2) is 0 Å². The molecule has 1 fully saturated rings. The first-order valence-corrected chi connectivity index (χ1v) is 4.87. The van der Waals surface area contributed by atoms with Crippen molar-refractivity contribution < 1.29 is 9.47 Å². The molecule has 0 aliphatic carbocycles. The van der Waals surface area contributed by atoms with E-state index in [0.717, 1.165) is 39.3 Å². The Morgan fingerprint density at radius 2 is 2.31 bits per heavy atom. The molecule has 1 atom stereocenters. The number of rotatable bonds is 4. The van der Waals surface area contributed by atoms with E-state index in [1.54, 1.807) is 7.11 Å². The van der Waals surface area contributed by atoms with Crippen LogP contribution in [0.5, 0.6) is 0 Å². The summed E-state index contributed by atoms with van der Waals surface area (Å²) in [6.07, 6.45) is 1.11. The maximum absolute atomic E-state index is 5.86. The highest BCUT2D eigenvalue weighted by molar-refractivity contribution is 4.69. The number of nitrogens with two attached hydrogens (primary N) is 1. The van der Waals surface area contributed by atoms with Gasteiger partial charge in [0.25, 0.3) is 0 Å². The van der Waals surface area contributed by atoms with Crippen molar-refractivity contribution in [1.29, 1.82) is 0 Å². The average molecular weight is 188 g/mol. The quantitative estimate of drug-likeness (QED) is 0.657. The summed E-state index contributed by atoms with van der Waals surface area (Å²) < 4.78 is 10.3. The summed E-state index contributed by atoms with van der Waals surface area (Å²) in [5.41, 5.74) is 5.86. The Kier molecular flexibility index (Phi) is 5.31. The van der Waals surface area contributed by atoms with E-state index in [2.05, 4.69) is 4.90 Å². The van der Waals surface area contributed by atoms with Gasteiger partial charge in [-0.15, -0.1) is 0 Å². The molecule has 0 radical (unpaired) electrons. The minimum atomic E-state index is 0.128. The zero-order valence-electron chi connectivity index (χ0n) is 8.37. The first kappa shape index (κ1) is 10.9. The highest BCUT2D eigenvalue weighted by Crippen LogP contribution is 1.99. The zero-order valence-corrected chi connectivity index (χ0v) is 8.37. The lowest BCUT2D eigenvalue weighted by molar-refractivity contribution is 0.131. The van der Waals surface area contributed by atoms with Gasteiger partial charge in [-0.2, -0.15) is 0 Å². The van der Waals surface area contributed by atoms with Crippen LogP contribution in [-0.4, -0.2) is 57.5 Å². The topological polar surface area (TPSA) is 47.7 Å². The van der Waals surface area contributed by atoms with Crippen LogP contribution in [0.3, 0.4) is 0 Å². The lowest BCUT2D eigenvalue weighted by Crippen LogP contribution is -2.41. The van der Waals surface area contributed by atoms with E-state index in [1.165, 1.54) is 0 Å². The highest BCUT2D eigenvalue weighted by Gasteiger charge is 2.12. The van der Waals surface area contributed by atoms with Crippen LogP contribution >= 0.6 is 0 Å². The summed E-state index contributed by atoms with van der Waals surface area (Å²) in [6.45, 7) is 5.36. The Bertz CT molecular complexity index is 125. The Morgan fingerprint density at radius 1 is 1.46 bits per heavy atom. The van der Waals surface area contributed by atoms with Crippen LogP contribution in [0.25, 0.3) is 0 Å². The van der Waals surface area contributed by atoms with Crippen molar-refractivity contribution >= 4 is 0 Å². The van der Waals surface area contributed by atoms with Crippen molar-refractivity contribution in [2.75, 3.05) is 46.6 Å². The normalized spacial score (nSPS) is 22.6. The molecule has 0 aromatic heterocycles. The first-order valence-electron chi connectivity index (χ1n) is 4.87. The second kappa shape index (κ2) is 6.32. The summed E-state index contributed by atoms with van der Waals surface area (Å²) >= 11 is 0. The maximum atomic E-state index is 5.86. The summed E-state index contributed by atoms with van der Waals surface area (Å²) in [5, 5.41) is 0. The van der Waals surface area contributed by atoms with E-state index in [4.69, 9.17) is 15.2 Å². The summed E-state index contributed by atoms with van der Waals surface area (Å²) in [6, 6.07) is 0.128. The van der Waals surface area contributed by atoms with E-state index in [1.807, 2.05) is 0 Å². The second-order valence-electron chi connectivity index (χ2n) is 3.48. The molecule has 1 saturated heterocycles. The molecule has 1 rings (SSSR count). The van der Waals surface area contributed by atoms with Crippen molar-refractivity contribution in [3.8, 4) is 0 Å². The lowest BCUT2D eigenvalue weighted by Gasteiger charge is -2.22. The number of hydrogen-bond donors (Lipinski definition) is 1. The van der Waals surface area contributed by atoms with Gasteiger partial charge in [0.05, 0.1) is 13.2 Å². The van der Waals surface area contributed by atoms with Crippen molar-refractivity contribution in [2.45, 2.75) is 12.5 Å². The summed E-state index contributed by atoms with van der Waals surface area (Å²) in [7, 11) is 1.69. The Morgan fingerprint density at radius 3 is 3.08 bits per heavy atom. The van der Waals surface area contributed by atoms with Gasteiger partial charge in [0, 0.05) is 39.4 Å². The Labute approximate surface area is 80.0 Å². The van der Waals surface area contributed by atoms with Gasteiger partial charge in [0.15, 0.2) is 0 Å². The number of ether oxygens (including phenoxy) is 2. The molecular formula is C9H20N2O2. The Balaban J connectivity index is 2.17. The minimum Gasteiger partial charge on any atom is -0.383 e. The van der Waals surface area contributed by atoms with Gasteiger partial charge in [0.1, 0.15) is 0 Å². The molecule has 78 valence electrons. The summed E-state index contributed by atoms with van der Waals surface area (Å²) in [5.74, 6) is 0. The molecule has 1 heterocycles. The van der Waals surface area contributed by atoms with Gasteiger partial charge < -0.3 is 15.2 Å². The molecule has 0 amide bonds. The van der Waals surface area contributed by atoms with Gasteiger partial charge in [-0.1, -0.05) is 0 Å². The monoisotopic (exact) mass is 188 g/mol. The largest absolute Gasteiger partial charge is 0.383 e. The molecule has 0 bridgehead atoms. The van der Waals surface area contributed by atoms with Gasteiger partial charge in [-0.25, -0.2) is 0 Å². The molecule has 1 aliphatic heterocycles. The number of methoxy groups -OCH3 is 1. The lowest BCUT2D eigenvalue weighted by atomic mass is 10.3. The third-order valence-electron chi connectivity index (χ3n) is 2.19. The molecule has 4 heteroatoms. The first-order chi connectivity index (χ1) is 6.33. The molecule has 0 saturated carbocycles. The molecule has 4 nitrogen and oxygen atoms in total. The van der Waals surface area contributed by atoms with Crippen LogP contribution in [0.2, 0.25) is 0 Å². The fourth-order valence-corrected chi connectivity index (χ4v) is 1.58. The fourth-order valence-electron chi connectivity index (χ4n) is 1.58. The van der Waals surface area contributed by atoms with Crippen LogP contribution < -0.4 is 5.73 Å². The van der Waals surface area contributed by atoms with Gasteiger partial charge in [0.2, 0.25) is 0 Å². The molecule has 0 aromatic rings. The van der Waals surface area contributed by atoms with E-state index in [9.17, 15) is 0 Å². The van der Waals surface area contributed by atoms with Crippen LogP contribution in [0.4, 0.5) is 0 Å². The SMILES string of the molecule is COCC(N)CN1CCCOCC1. The third-order valence-corrected chi connectivity index (χ3v) is 2.19. The molecule has 13 heavy (non-hydrogen) atoms. The molecule has 1 unspecified atom stereocenters. The molecule has 0 aromatic carbocycles. The number of hydrogen-bond acceptors (Lipinski definition) is 4. The van der Waals surface area contributed by atoms with Crippen LogP contribution in [0, 0.1) is 0 Å². The zero-order chi connectivity index (χ0) is 9.52. The highest BCUT2D eigenvalue weighted by atomic mass is 16.5.